The summed E-state index contributed by atoms with van der Waals surface area (Å²) >= 11 is 0. The van der Waals surface area contributed by atoms with E-state index in [1.165, 1.54) is 18.2 Å². The number of nitrogens with zero attached hydrogens (tertiary/aromatic N) is 3. The van der Waals surface area contributed by atoms with E-state index in [1.807, 2.05) is 43.0 Å². The van der Waals surface area contributed by atoms with Crippen LogP contribution in [0, 0.1) is 16.0 Å². The van der Waals surface area contributed by atoms with Crippen LogP contribution in [0.4, 0.5) is 16.2 Å². The number of non-ortho nitro benzene ring substituents is 1. The number of hydroxylamine groups is 2. The van der Waals surface area contributed by atoms with E-state index in [9.17, 15) is 43.7 Å². The first-order valence-corrected chi connectivity index (χ1v) is 20.1. The molecule has 5 rings (SSSR count). The number of hydrogen-bond donors (Lipinski definition) is 4. The third-order valence-corrected chi connectivity index (χ3v) is 10.8. The lowest BCUT2D eigenvalue weighted by Gasteiger charge is -2.46. The average Bonchev–Trinajstić information content (AvgIpc) is 3.60. The zero-order valence-corrected chi connectivity index (χ0v) is 35.3. The van der Waals surface area contributed by atoms with Gasteiger partial charge in [0.05, 0.1) is 10.3 Å². The van der Waals surface area contributed by atoms with Gasteiger partial charge in [-0.15, -0.1) is 5.06 Å². The Bertz CT molecular complexity index is 2100. The van der Waals surface area contributed by atoms with Gasteiger partial charge < -0.3 is 40.5 Å². The van der Waals surface area contributed by atoms with Gasteiger partial charge in [-0.2, -0.15) is 0 Å². The van der Waals surface area contributed by atoms with Gasteiger partial charge in [-0.3, -0.25) is 34.1 Å². The maximum Gasteiger partial charge on any atom is 0.408 e. The fourth-order valence-corrected chi connectivity index (χ4v) is 7.36. The number of carbonyl (C=O) groups excluding carboxylic acids is 7. The van der Waals surface area contributed by atoms with Crippen LogP contribution in [0.1, 0.15) is 91.7 Å². The number of hydrogen-bond acceptors (Lipinski definition) is 13. The zero-order chi connectivity index (χ0) is 44.9. The highest BCUT2D eigenvalue weighted by atomic mass is 16.7. The van der Waals surface area contributed by atoms with Crippen molar-refractivity contribution in [3.63, 3.8) is 0 Å². The summed E-state index contributed by atoms with van der Waals surface area (Å²) in [6, 6.07) is 9.30. The van der Waals surface area contributed by atoms with Gasteiger partial charge in [-0.25, -0.2) is 9.59 Å². The monoisotopic (exact) mass is 847 g/mol. The summed E-state index contributed by atoms with van der Waals surface area (Å²) < 4.78 is 11.8. The summed E-state index contributed by atoms with van der Waals surface area (Å²) in [5.74, 6) is -4.45. The first kappa shape index (κ1) is 45.6. The highest BCUT2D eigenvalue weighted by molar-refractivity contribution is 6.02. The van der Waals surface area contributed by atoms with E-state index in [2.05, 4.69) is 21.3 Å². The van der Waals surface area contributed by atoms with Gasteiger partial charge in [0.1, 0.15) is 36.5 Å². The molecule has 3 aliphatic heterocycles. The largest absolute Gasteiger partial charge is 0.463 e. The van der Waals surface area contributed by atoms with Crippen LogP contribution in [-0.4, -0.2) is 94.6 Å². The lowest BCUT2D eigenvalue weighted by atomic mass is 9.76. The molecule has 19 nitrogen and oxygen atoms in total. The van der Waals surface area contributed by atoms with Crippen LogP contribution in [0.25, 0.3) is 6.08 Å². The summed E-state index contributed by atoms with van der Waals surface area (Å²) in [6.07, 6.45) is 2.86. The van der Waals surface area contributed by atoms with E-state index in [1.54, 1.807) is 46.8 Å². The summed E-state index contributed by atoms with van der Waals surface area (Å²) in [6.45, 7) is 11.8. The maximum atomic E-state index is 13.7. The molecule has 3 heterocycles. The second-order valence-corrected chi connectivity index (χ2v) is 16.7. The van der Waals surface area contributed by atoms with Crippen LogP contribution in [0.3, 0.4) is 0 Å². The van der Waals surface area contributed by atoms with Crippen molar-refractivity contribution in [1.82, 2.24) is 26.3 Å². The Morgan fingerprint density at radius 1 is 0.984 bits per heavy atom. The maximum absolute atomic E-state index is 13.7. The Morgan fingerprint density at radius 2 is 1.67 bits per heavy atom. The average molecular weight is 848 g/mol. The van der Waals surface area contributed by atoms with Crippen LogP contribution in [0.15, 0.2) is 48.5 Å². The summed E-state index contributed by atoms with van der Waals surface area (Å²) in [7, 11) is 0. The first-order valence-electron chi connectivity index (χ1n) is 20.1. The molecule has 328 valence electrons. The Hall–Kier alpha value is -6.53. The number of fused-ring (bicyclic) bond motifs is 2. The molecule has 0 saturated carbocycles. The SMILES string of the molecule is CC[C@H](C)[C@H](NC(=O)CNC(=O)OC(C)(C)C)C(=O)N[C@@H](CCCNC(=O)CN1c2ccccc2C(C)(C)C12C=Cc1cc([N+](=O)[O-])ccc1O2)C(=O)ON1C(=O)CCC1=O. The number of rotatable bonds is 16. The number of nitro groups is 1. The van der Waals surface area contributed by atoms with Gasteiger partial charge in [0, 0.05) is 42.8 Å². The van der Waals surface area contributed by atoms with E-state index in [4.69, 9.17) is 14.3 Å². The van der Waals surface area contributed by atoms with Crippen molar-refractivity contribution in [2.75, 3.05) is 24.5 Å². The molecular weight excluding hydrogens is 794 g/mol. The molecule has 4 N–H and O–H groups in total. The first-order chi connectivity index (χ1) is 28.7. The summed E-state index contributed by atoms with van der Waals surface area (Å²) in [5, 5.41) is 22.2. The van der Waals surface area contributed by atoms with Crippen molar-refractivity contribution < 1.29 is 52.8 Å². The molecule has 3 aliphatic rings. The predicted molar refractivity (Wildman–Crippen MR) is 219 cm³/mol. The second kappa shape index (κ2) is 18.4. The molecular formula is C42H53N7O12. The van der Waals surface area contributed by atoms with E-state index in [0.717, 1.165) is 11.3 Å². The minimum atomic E-state index is -1.42. The number of carbonyl (C=O) groups is 7. The quantitative estimate of drug-likeness (QED) is 0.0819. The molecule has 2 aromatic carbocycles. The Kier molecular flexibility index (Phi) is 13.7. The lowest BCUT2D eigenvalue weighted by molar-refractivity contribution is -0.384. The number of ether oxygens (including phenoxy) is 2. The summed E-state index contributed by atoms with van der Waals surface area (Å²) in [4.78, 5) is 108. The molecule has 61 heavy (non-hydrogen) atoms. The molecule has 0 aromatic heterocycles. The smallest absolute Gasteiger partial charge is 0.408 e. The third kappa shape index (κ3) is 10.3. The zero-order valence-electron chi connectivity index (χ0n) is 35.3. The van der Waals surface area contributed by atoms with Gasteiger partial charge in [0.15, 0.2) is 0 Å². The van der Waals surface area contributed by atoms with Crippen molar-refractivity contribution in [3.05, 3.63) is 69.8 Å². The number of alkyl carbamates (subject to hydrolysis) is 1. The standard InChI is InChI=1S/C42H53N7O12/c1-8-25(2)36(46-32(50)23-44-39(56)60-40(3,4)5)37(54)45-29(38(55)61-48-34(52)17-18-35(48)53)13-11-21-43-33(51)24-47-30-14-10-9-12-28(30)41(6,7)42(47)20-19-26-22-27(49(57)58)15-16-31(26)59-42/h9-10,12,14-16,19-20,22,25,29,36H,8,11,13,17-18,21,23-24H2,1-7H3,(H,43,51)(H,44,56)(H,45,54)(H,46,50)/t25-,29-,36-,42?/m0/s1. The molecule has 0 radical (unpaired) electrons. The minimum absolute atomic E-state index is 0.0248. The van der Waals surface area contributed by atoms with Crippen molar-refractivity contribution in [2.24, 2.45) is 5.92 Å². The number of para-hydroxylation sites is 1. The summed E-state index contributed by atoms with van der Waals surface area (Å²) in [5.41, 5.74) is -0.620. The Balaban J connectivity index is 1.27. The molecule has 19 heteroatoms. The highest BCUT2D eigenvalue weighted by Gasteiger charge is 2.59. The van der Waals surface area contributed by atoms with Crippen molar-refractivity contribution in [3.8, 4) is 5.75 Å². The molecule has 2 aromatic rings. The molecule has 1 unspecified atom stereocenters. The number of amides is 6. The molecule has 0 bridgehead atoms. The molecule has 1 spiro atoms. The van der Waals surface area contributed by atoms with E-state index in [0.29, 0.717) is 22.8 Å². The van der Waals surface area contributed by atoms with E-state index < -0.39 is 87.8 Å². The van der Waals surface area contributed by atoms with Gasteiger partial charge in [-0.1, -0.05) is 38.5 Å². The highest BCUT2D eigenvalue weighted by Crippen LogP contribution is 2.54. The van der Waals surface area contributed by atoms with E-state index in [-0.39, 0.29) is 44.5 Å². The van der Waals surface area contributed by atoms with Gasteiger partial charge in [0.2, 0.25) is 23.4 Å². The fraction of sp³-hybridized carbons (Fsp3) is 0.500. The molecule has 6 amide bonds. The van der Waals surface area contributed by atoms with Gasteiger partial charge >= 0.3 is 12.1 Å². The Labute approximate surface area is 353 Å². The number of nitro benzene ring substituents is 1. The van der Waals surface area contributed by atoms with Crippen LogP contribution in [-0.2, 0) is 43.8 Å². The minimum Gasteiger partial charge on any atom is -0.463 e. The van der Waals surface area contributed by atoms with Crippen molar-refractivity contribution in [2.45, 2.75) is 109 Å². The Morgan fingerprint density at radius 3 is 2.33 bits per heavy atom. The van der Waals surface area contributed by atoms with Gasteiger partial charge in [-0.05, 0) is 83.2 Å². The van der Waals surface area contributed by atoms with Crippen molar-refractivity contribution >= 4 is 59.0 Å². The number of benzene rings is 2. The molecule has 1 fully saturated rings. The normalized spacial score (nSPS) is 18.9. The van der Waals surface area contributed by atoms with Gasteiger partial charge in [0.25, 0.3) is 17.5 Å². The van der Waals surface area contributed by atoms with Crippen LogP contribution >= 0.6 is 0 Å². The number of anilines is 1. The topological polar surface area (TPSA) is 245 Å². The van der Waals surface area contributed by atoms with Crippen LogP contribution < -0.4 is 30.9 Å². The van der Waals surface area contributed by atoms with Crippen LogP contribution in [0.2, 0.25) is 0 Å². The molecule has 4 atom stereocenters. The van der Waals surface area contributed by atoms with Crippen molar-refractivity contribution in [1.29, 1.82) is 0 Å². The lowest BCUT2D eigenvalue weighted by Crippen LogP contribution is -2.61. The third-order valence-electron chi connectivity index (χ3n) is 10.8. The molecule has 0 aliphatic carbocycles. The fourth-order valence-electron chi connectivity index (χ4n) is 7.36. The number of imide groups is 1. The number of nitrogens with one attached hydrogen (secondary N) is 4. The van der Waals surface area contributed by atoms with Crippen LogP contribution in [0.5, 0.6) is 5.75 Å². The molecule has 1 saturated heterocycles. The predicted octanol–water partition coefficient (Wildman–Crippen LogP) is 3.54. The second-order valence-electron chi connectivity index (χ2n) is 16.7. The van der Waals surface area contributed by atoms with E-state index >= 15 is 0 Å².